The van der Waals surface area contributed by atoms with E-state index < -0.39 is 0 Å². The summed E-state index contributed by atoms with van der Waals surface area (Å²) in [5, 5.41) is 3.28. The van der Waals surface area contributed by atoms with Crippen LogP contribution in [0, 0.1) is 0 Å². The van der Waals surface area contributed by atoms with Crippen molar-refractivity contribution in [3.05, 3.63) is 33.3 Å². The normalized spacial score (nSPS) is 11.1. The van der Waals surface area contributed by atoms with Gasteiger partial charge in [0.1, 0.15) is 0 Å². The largest absolute Gasteiger partial charge is 0.350 e. The first-order valence-electron chi connectivity index (χ1n) is 6.11. The quantitative estimate of drug-likeness (QED) is 0.899. The molecular weight excluding hydrogens is 344 g/mol. The van der Waals surface area contributed by atoms with E-state index in [4.69, 9.17) is 11.6 Å². The van der Waals surface area contributed by atoms with Crippen LogP contribution in [0.2, 0.25) is 5.02 Å². The molecule has 1 rings (SSSR count). The van der Waals surface area contributed by atoms with Crippen molar-refractivity contribution in [2.45, 2.75) is 26.3 Å². The van der Waals surface area contributed by atoms with E-state index in [2.05, 4.69) is 21.2 Å². The van der Waals surface area contributed by atoms with Crippen LogP contribution in [0.25, 0.3) is 0 Å². The van der Waals surface area contributed by atoms with E-state index in [0.29, 0.717) is 10.6 Å². The average molecular weight is 362 g/mol. The van der Waals surface area contributed by atoms with E-state index in [9.17, 15) is 9.59 Å². The molecule has 0 bridgehead atoms. The third kappa shape index (κ3) is 5.51. The zero-order chi connectivity index (χ0) is 15.5. The van der Waals surface area contributed by atoms with Crippen LogP contribution in [0.15, 0.2) is 22.7 Å². The number of nitrogens with one attached hydrogen (secondary N) is 1. The maximum atomic E-state index is 12.2. The molecule has 0 aliphatic rings. The molecule has 0 aliphatic heterocycles. The Bertz CT molecular complexity index is 506. The number of likely N-dealkylation sites (N-methyl/N-ethyl adjacent to an activating group) is 1. The van der Waals surface area contributed by atoms with Crippen LogP contribution < -0.4 is 5.32 Å². The average Bonchev–Trinajstić information content (AvgIpc) is 2.23. The van der Waals surface area contributed by atoms with Gasteiger partial charge in [-0.1, -0.05) is 27.5 Å². The Morgan fingerprint density at radius 3 is 2.40 bits per heavy atom. The number of carbonyl (C=O) groups is 2. The van der Waals surface area contributed by atoms with Gasteiger partial charge in [-0.2, -0.15) is 0 Å². The van der Waals surface area contributed by atoms with Gasteiger partial charge in [0, 0.05) is 27.6 Å². The molecule has 20 heavy (non-hydrogen) atoms. The van der Waals surface area contributed by atoms with Crippen LogP contribution in [0.3, 0.4) is 0 Å². The molecule has 110 valence electrons. The summed E-state index contributed by atoms with van der Waals surface area (Å²) in [5.74, 6) is -0.452. The highest BCUT2D eigenvalue weighted by molar-refractivity contribution is 9.10. The van der Waals surface area contributed by atoms with Crippen molar-refractivity contribution in [2.75, 3.05) is 13.6 Å². The third-order valence-electron chi connectivity index (χ3n) is 2.35. The van der Waals surface area contributed by atoms with Gasteiger partial charge in [-0.25, -0.2) is 0 Å². The molecule has 0 saturated carbocycles. The monoisotopic (exact) mass is 360 g/mol. The van der Waals surface area contributed by atoms with Gasteiger partial charge in [-0.3, -0.25) is 9.59 Å². The fourth-order valence-corrected chi connectivity index (χ4v) is 2.50. The van der Waals surface area contributed by atoms with Gasteiger partial charge in [0.05, 0.1) is 6.54 Å². The van der Waals surface area contributed by atoms with Crippen molar-refractivity contribution in [1.29, 1.82) is 0 Å². The number of nitrogens with zero attached hydrogens (tertiary/aromatic N) is 1. The first-order chi connectivity index (χ1) is 9.08. The van der Waals surface area contributed by atoms with Gasteiger partial charge in [0.25, 0.3) is 5.91 Å². The fraction of sp³-hybridized carbons (Fsp3) is 0.429. The summed E-state index contributed by atoms with van der Waals surface area (Å²) in [5.41, 5.74) is 0.121. The summed E-state index contributed by atoms with van der Waals surface area (Å²) in [6.07, 6.45) is 0. The number of hydrogen-bond donors (Lipinski definition) is 1. The molecular formula is C14H18BrClN2O2. The van der Waals surface area contributed by atoms with Crippen molar-refractivity contribution < 1.29 is 9.59 Å². The van der Waals surface area contributed by atoms with Gasteiger partial charge in [0.2, 0.25) is 5.91 Å². The summed E-state index contributed by atoms with van der Waals surface area (Å²) in [6, 6.07) is 4.95. The van der Waals surface area contributed by atoms with Crippen LogP contribution >= 0.6 is 27.5 Å². The number of carbonyl (C=O) groups excluding carboxylic acids is 2. The van der Waals surface area contributed by atoms with E-state index in [-0.39, 0.29) is 23.9 Å². The second-order valence-corrected chi connectivity index (χ2v) is 6.97. The van der Waals surface area contributed by atoms with Crippen molar-refractivity contribution in [2.24, 2.45) is 0 Å². The summed E-state index contributed by atoms with van der Waals surface area (Å²) in [7, 11) is 1.58. The topological polar surface area (TPSA) is 49.4 Å². The Kier molecular flexibility index (Phi) is 5.59. The number of hydrogen-bond acceptors (Lipinski definition) is 2. The molecule has 0 unspecified atom stereocenters. The number of halogens is 2. The SMILES string of the molecule is CN(CC(=O)NC(C)(C)C)C(=O)c1cc(Cl)cc(Br)c1. The molecule has 0 spiro atoms. The van der Waals surface area contributed by atoms with E-state index in [0.717, 1.165) is 4.47 Å². The van der Waals surface area contributed by atoms with Crippen LogP contribution in [0.1, 0.15) is 31.1 Å². The zero-order valence-electron chi connectivity index (χ0n) is 12.0. The summed E-state index contributed by atoms with van der Waals surface area (Å²) < 4.78 is 0.723. The number of amides is 2. The number of rotatable bonds is 3. The Morgan fingerprint density at radius 1 is 1.30 bits per heavy atom. The van der Waals surface area contributed by atoms with Gasteiger partial charge in [0.15, 0.2) is 0 Å². The molecule has 4 nitrogen and oxygen atoms in total. The standard InChI is InChI=1S/C14H18BrClN2O2/c1-14(2,3)17-12(19)8-18(4)13(20)9-5-10(15)7-11(16)6-9/h5-7H,8H2,1-4H3,(H,17,19). The van der Waals surface area contributed by atoms with Gasteiger partial charge >= 0.3 is 0 Å². The van der Waals surface area contributed by atoms with E-state index >= 15 is 0 Å². The first-order valence-corrected chi connectivity index (χ1v) is 7.28. The molecule has 0 radical (unpaired) electrons. The lowest BCUT2D eigenvalue weighted by Crippen LogP contribution is -2.46. The molecule has 0 aromatic heterocycles. The van der Waals surface area contributed by atoms with Crippen LogP contribution in [0.4, 0.5) is 0 Å². The van der Waals surface area contributed by atoms with Crippen molar-refractivity contribution in [3.63, 3.8) is 0 Å². The molecule has 1 aromatic carbocycles. The molecule has 0 saturated heterocycles. The van der Waals surface area contributed by atoms with Crippen LogP contribution in [0.5, 0.6) is 0 Å². The minimum atomic E-state index is -0.319. The van der Waals surface area contributed by atoms with Crippen LogP contribution in [-0.4, -0.2) is 35.8 Å². The third-order valence-corrected chi connectivity index (χ3v) is 3.03. The molecule has 0 heterocycles. The molecule has 1 N–H and O–H groups in total. The van der Waals surface area contributed by atoms with Crippen molar-refractivity contribution >= 4 is 39.3 Å². The molecule has 1 aromatic rings. The van der Waals surface area contributed by atoms with Crippen molar-refractivity contribution in [1.82, 2.24) is 10.2 Å². The predicted molar refractivity (Wildman–Crippen MR) is 84.0 cm³/mol. The Balaban J connectivity index is 2.74. The molecule has 2 amide bonds. The fourth-order valence-electron chi connectivity index (χ4n) is 1.64. The van der Waals surface area contributed by atoms with Crippen LogP contribution in [-0.2, 0) is 4.79 Å². The second kappa shape index (κ2) is 6.59. The highest BCUT2D eigenvalue weighted by Gasteiger charge is 2.19. The minimum Gasteiger partial charge on any atom is -0.350 e. The lowest BCUT2D eigenvalue weighted by Gasteiger charge is -2.23. The highest BCUT2D eigenvalue weighted by Crippen LogP contribution is 2.20. The predicted octanol–water partition coefficient (Wildman–Crippen LogP) is 3.09. The van der Waals surface area contributed by atoms with Crippen molar-refractivity contribution in [3.8, 4) is 0 Å². The maximum absolute atomic E-state index is 12.2. The highest BCUT2D eigenvalue weighted by atomic mass is 79.9. The summed E-state index contributed by atoms with van der Waals surface area (Å²) in [4.78, 5) is 25.4. The van der Waals surface area contributed by atoms with Gasteiger partial charge < -0.3 is 10.2 Å². The number of benzene rings is 1. The van der Waals surface area contributed by atoms with E-state index in [1.54, 1.807) is 25.2 Å². The second-order valence-electron chi connectivity index (χ2n) is 5.62. The molecule has 0 fully saturated rings. The molecule has 0 aliphatic carbocycles. The summed E-state index contributed by atoms with van der Waals surface area (Å²) in [6.45, 7) is 5.67. The molecule has 0 atom stereocenters. The Hall–Kier alpha value is -1.07. The molecule has 6 heteroatoms. The zero-order valence-corrected chi connectivity index (χ0v) is 14.3. The van der Waals surface area contributed by atoms with E-state index in [1.165, 1.54) is 4.90 Å². The lowest BCUT2D eigenvalue weighted by atomic mass is 10.1. The minimum absolute atomic E-state index is 0.000234. The van der Waals surface area contributed by atoms with Gasteiger partial charge in [-0.15, -0.1) is 0 Å². The van der Waals surface area contributed by atoms with Gasteiger partial charge in [-0.05, 0) is 39.0 Å². The maximum Gasteiger partial charge on any atom is 0.254 e. The lowest BCUT2D eigenvalue weighted by molar-refractivity contribution is -0.122. The smallest absolute Gasteiger partial charge is 0.254 e. The van der Waals surface area contributed by atoms with E-state index in [1.807, 2.05) is 20.8 Å². The Morgan fingerprint density at radius 2 is 1.90 bits per heavy atom. The summed E-state index contributed by atoms with van der Waals surface area (Å²) >= 11 is 9.20. The first kappa shape index (κ1) is 17.0. The Labute approximate surface area is 132 Å².